The summed E-state index contributed by atoms with van der Waals surface area (Å²) in [5.74, 6) is -0.188. The number of nitrogens with one attached hydrogen (secondary N) is 3. The van der Waals surface area contributed by atoms with Gasteiger partial charge < -0.3 is 16.0 Å². The minimum absolute atomic E-state index is 0.00438. The van der Waals surface area contributed by atoms with Crippen LogP contribution >= 0.6 is 0 Å². The van der Waals surface area contributed by atoms with Crippen molar-refractivity contribution in [2.45, 2.75) is 32.4 Å². The standard InChI is InChI=1S/C14H19N3O2/c1-10-2-4-11(5-3-10)8-15-13(18)9-16-14(19)17-12-6-7-12/h2-5,12H,6-9H2,1H3,(H,15,18)(H2,16,17,19). The van der Waals surface area contributed by atoms with Gasteiger partial charge in [-0.1, -0.05) is 29.8 Å². The van der Waals surface area contributed by atoms with E-state index in [1.165, 1.54) is 5.56 Å². The third-order valence-electron chi connectivity index (χ3n) is 2.93. The molecule has 2 rings (SSSR count). The van der Waals surface area contributed by atoms with Gasteiger partial charge >= 0.3 is 6.03 Å². The van der Waals surface area contributed by atoms with E-state index in [0.717, 1.165) is 18.4 Å². The summed E-state index contributed by atoms with van der Waals surface area (Å²) in [4.78, 5) is 22.8. The van der Waals surface area contributed by atoms with Crippen molar-refractivity contribution in [2.75, 3.05) is 6.54 Å². The zero-order valence-corrected chi connectivity index (χ0v) is 11.0. The van der Waals surface area contributed by atoms with Crippen LogP contribution in [0.3, 0.4) is 0 Å². The number of benzene rings is 1. The molecule has 102 valence electrons. The average molecular weight is 261 g/mol. The van der Waals surface area contributed by atoms with Crippen LogP contribution in [0.4, 0.5) is 4.79 Å². The van der Waals surface area contributed by atoms with Crippen molar-refractivity contribution in [3.05, 3.63) is 35.4 Å². The van der Waals surface area contributed by atoms with E-state index in [1.807, 2.05) is 31.2 Å². The first-order valence-corrected chi connectivity index (χ1v) is 6.50. The van der Waals surface area contributed by atoms with Crippen molar-refractivity contribution in [3.8, 4) is 0 Å². The Morgan fingerprint density at radius 3 is 2.47 bits per heavy atom. The molecule has 0 spiro atoms. The fraction of sp³-hybridized carbons (Fsp3) is 0.429. The Balaban J connectivity index is 1.63. The molecular formula is C14H19N3O2. The summed E-state index contributed by atoms with van der Waals surface area (Å²) in [6.45, 7) is 2.50. The number of aryl methyl sites for hydroxylation is 1. The lowest BCUT2D eigenvalue weighted by Gasteiger charge is -2.08. The van der Waals surface area contributed by atoms with Gasteiger partial charge in [0, 0.05) is 12.6 Å². The van der Waals surface area contributed by atoms with E-state index in [2.05, 4.69) is 16.0 Å². The molecule has 0 atom stereocenters. The molecule has 5 nitrogen and oxygen atoms in total. The van der Waals surface area contributed by atoms with E-state index in [1.54, 1.807) is 0 Å². The second-order valence-electron chi connectivity index (χ2n) is 4.86. The number of rotatable bonds is 5. The van der Waals surface area contributed by atoms with Crippen molar-refractivity contribution >= 4 is 11.9 Å². The molecule has 0 unspecified atom stereocenters. The molecule has 0 saturated heterocycles. The SMILES string of the molecule is Cc1ccc(CNC(=O)CNC(=O)NC2CC2)cc1. The first-order chi connectivity index (χ1) is 9.13. The van der Waals surface area contributed by atoms with E-state index >= 15 is 0 Å². The molecule has 5 heteroatoms. The highest BCUT2D eigenvalue weighted by Gasteiger charge is 2.23. The number of urea groups is 1. The first kappa shape index (κ1) is 13.4. The van der Waals surface area contributed by atoms with Gasteiger partial charge in [0.1, 0.15) is 0 Å². The van der Waals surface area contributed by atoms with Crippen molar-refractivity contribution < 1.29 is 9.59 Å². The van der Waals surface area contributed by atoms with Gasteiger partial charge in [0.2, 0.25) is 5.91 Å². The summed E-state index contributed by atoms with van der Waals surface area (Å²) < 4.78 is 0. The topological polar surface area (TPSA) is 70.2 Å². The quantitative estimate of drug-likeness (QED) is 0.742. The third kappa shape index (κ3) is 4.99. The minimum atomic E-state index is -0.270. The van der Waals surface area contributed by atoms with Crippen LogP contribution < -0.4 is 16.0 Å². The van der Waals surface area contributed by atoms with E-state index in [-0.39, 0.29) is 18.5 Å². The predicted molar refractivity (Wildman–Crippen MR) is 72.6 cm³/mol. The van der Waals surface area contributed by atoms with Crippen LogP contribution in [0.5, 0.6) is 0 Å². The van der Waals surface area contributed by atoms with Gasteiger partial charge in [-0.3, -0.25) is 4.79 Å². The Hall–Kier alpha value is -2.04. The number of carbonyl (C=O) groups excluding carboxylic acids is 2. The smallest absolute Gasteiger partial charge is 0.315 e. The molecule has 1 saturated carbocycles. The minimum Gasteiger partial charge on any atom is -0.350 e. The number of amides is 3. The van der Waals surface area contributed by atoms with Crippen molar-refractivity contribution in [2.24, 2.45) is 0 Å². The normalized spacial score (nSPS) is 13.7. The highest BCUT2D eigenvalue weighted by molar-refractivity contribution is 5.84. The molecule has 1 aromatic rings. The van der Waals surface area contributed by atoms with Crippen molar-refractivity contribution in [3.63, 3.8) is 0 Å². The lowest BCUT2D eigenvalue weighted by molar-refractivity contribution is -0.120. The molecule has 0 bridgehead atoms. The summed E-state index contributed by atoms with van der Waals surface area (Å²) in [7, 11) is 0. The molecule has 0 heterocycles. The average Bonchev–Trinajstić information content (AvgIpc) is 3.19. The third-order valence-corrected chi connectivity index (χ3v) is 2.93. The van der Waals surface area contributed by atoms with Gasteiger partial charge in [0.05, 0.1) is 6.54 Å². The second kappa shape index (κ2) is 6.22. The zero-order valence-electron chi connectivity index (χ0n) is 11.0. The lowest BCUT2D eigenvalue weighted by Crippen LogP contribution is -2.42. The van der Waals surface area contributed by atoms with E-state index in [4.69, 9.17) is 0 Å². The fourth-order valence-electron chi connectivity index (χ4n) is 1.59. The molecule has 0 radical (unpaired) electrons. The molecule has 1 aromatic carbocycles. The van der Waals surface area contributed by atoms with Crippen LogP contribution in [-0.2, 0) is 11.3 Å². The highest BCUT2D eigenvalue weighted by Crippen LogP contribution is 2.18. The summed E-state index contributed by atoms with van der Waals surface area (Å²) in [6.07, 6.45) is 2.07. The van der Waals surface area contributed by atoms with Gasteiger partial charge in [-0.2, -0.15) is 0 Å². The molecule has 3 amide bonds. The van der Waals surface area contributed by atoms with E-state index in [0.29, 0.717) is 12.6 Å². The first-order valence-electron chi connectivity index (χ1n) is 6.50. The molecule has 1 aliphatic rings. The van der Waals surface area contributed by atoms with Gasteiger partial charge in [0.15, 0.2) is 0 Å². The van der Waals surface area contributed by atoms with Crippen LogP contribution in [0.25, 0.3) is 0 Å². The van der Waals surface area contributed by atoms with Gasteiger partial charge in [-0.15, -0.1) is 0 Å². The molecule has 1 fully saturated rings. The maximum Gasteiger partial charge on any atom is 0.315 e. The van der Waals surface area contributed by atoms with E-state index < -0.39 is 0 Å². The van der Waals surface area contributed by atoms with Gasteiger partial charge in [0.25, 0.3) is 0 Å². The Bertz CT molecular complexity index is 452. The van der Waals surface area contributed by atoms with Crippen LogP contribution in [0.15, 0.2) is 24.3 Å². The molecular weight excluding hydrogens is 242 g/mol. The van der Waals surface area contributed by atoms with Gasteiger partial charge in [-0.25, -0.2) is 4.79 Å². The molecule has 3 N–H and O–H groups in total. The van der Waals surface area contributed by atoms with Crippen LogP contribution in [0, 0.1) is 6.92 Å². The monoisotopic (exact) mass is 261 g/mol. The fourth-order valence-corrected chi connectivity index (χ4v) is 1.59. The van der Waals surface area contributed by atoms with Gasteiger partial charge in [-0.05, 0) is 25.3 Å². The maximum atomic E-state index is 11.5. The van der Waals surface area contributed by atoms with Crippen molar-refractivity contribution in [1.82, 2.24) is 16.0 Å². The van der Waals surface area contributed by atoms with E-state index in [9.17, 15) is 9.59 Å². The number of hydrogen-bond donors (Lipinski definition) is 3. The Kier molecular flexibility index (Phi) is 4.39. The summed E-state index contributed by atoms with van der Waals surface area (Å²) in [6, 6.07) is 7.99. The Morgan fingerprint density at radius 2 is 1.84 bits per heavy atom. The predicted octanol–water partition coefficient (Wildman–Crippen LogP) is 1.07. The van der Waals surface area contributed by atoms with Crippen LogP contribution in [-0.4, -0.2) is 24.5 Å². The van der Waals surface area contributed by atoms with Crippen molar-refractivity contribution in [1.29, 1.82) is 0 Å². The van der Waals surface area contributed by atoms with Crippen LogP contribution in [0.1, 0.15) is 24.0 Å². The summed E-state index contributed by atoms with van der Waals surface area (Å²) in [5.41, 5.74) is 2.23. The number of carbonyl (C=O) groups is 2. The molecule has 0 aliphatic heterocycles. The molecule has 1 aliphatic carbocycles. The highest BCUT2D eigenvalue weighted by atomic mass is 16.2. The summed E-state index contributed by atoms with van der Waals surface area (Å²) >= 11 is 0. The lowest BCUT2D eigenvalue weighted by atomic mass is 10.1. The maximum absolute atomic E-state index is 11.5. The zero-order chi connectivity index (χ0) is 13.7. The second-order valence-corrected chi connectivity index (χ2v) is 4.86. The molecule has 19 heavy (non-hydrogen) atoms. The number of hydrogen-bond acceptors (Lipinski definition) is 2. The molecule has 0 aromatic heterocycles. The largest absolute Gasteiger partial charge is 0.350 e. The Labute approximate surface area is 112 Å². The Morgan fingerprint density at radius 1 is 1.16 bits per heavy atom. The summed E-state index contributed by atoms with van der Waals surface area (Å²) in [5, 5.41) is 8.06. The van der Waals surface area contributed by atoms with Crippen LogP contribution in [0.2, 0.25) is 0 Å².